The van der Waals surface area contributed by atoms with Crippen LogP contribution in [0, 0.1) is 20.8 Å². The summed E-state index contributed by atoms with van der Waals surface area (Å²) in [5.41, 5.74) is 4.65. The van der Waals surface area contributed by atoms with Crippen molar-refractivity contribution in [3.63, 3.8) is 0 Å². The lowest BCUT2D eigenvalue weighted by Crippen LogP contribution is -2.12. The molecule has 0 saturated heterocycles. The van der Waals surface area contributed by atoms with Gasteiger partial charge >= 0.3 is 0 Å². The molecule has 0 aliphatic carbocycles. The summed E-state index contributed by atoms with van der Waals surface area (Å²) in [6, 6.07) is 14.4. The Kier molecular flexibility index (Phi) is 8.41. The van der Waals surface area contributed by atoms with E-state index in [-0.39, 0.29) is 0 Å². The van der Waals surface area contributed by atoms with Crippen molar-refractivity contribution < 1.29 is 14.3 Å². The number of hydrogen-bond acceptors (Lipinski definition) is 2. The van der Waals surface area contributed by atoms with E-state index in [9.17, 15) is 4.79 Å². The highest BCUT2D eigenvalue weighted by atomic mass is 31.1. The van der Waals surface area contributed by atoms with Gasteiger partial charge in [-0.15, -0.1) is 0 Å². The zero-order chi connectivity index (χ0) is 17.4. The lowest BCUT2D eigenvalue weighted by atomic mass is 10.0. The Morgan fingerprint density at radius 2 is 1.57 bits per heavy atom. The number of carbonyl (C=O) groups excluding carboxylic acids is 1. The van der Waals surface area contributed by atoms with Crippen molar-refractivity contribution in [1.82, 2.24) is 0 Å². The second-order valence-corrected chi connectivity index (χ2v) is 7.89. The first-order valence-corrected chi connectivity index (χ1v) is 10.00. The molecule has 0 aliphatic rings. The number of carbonyl (C=O) groups is 1. The molecule has 2 aromatic carbocycles. The van der Waals surface area contributed by atoms with Crippen molar-refractivity contribution in [3.05, 3.63) is 64.7 Å². The zero-order valence-corrected chi connectivity index (χ0v) is 16.1. The predicted octanol–water partition coefficient (Wildman–Crippen LogP) is 4.23. The summed E-state index contributed by atoms with van der Waals surface area (Å²) in [4.78, 5) is 20.1. The predicted molar refractivity (Wildman–Crippen MR) is 101 cm³/mol. The van der Waals surface area contributed by atoms with Gasteiger partial charge in [-0.25, -0.2) is 0 Å². The average Bonchev–Trinajstić information content (AvgIpc) is 2.49. The van der Waals surface area contributed by atoms with E-state index < -0.39 is 16.6 Å². The van der Waals surface area contributed by atoms with E-state index >= 15 is 0 Å². The minimum absolute atomic E-state index is 0.309. The molecule has 0 bridgehead atoms. The van der Waals surface area contributed by atoms with Crippen LogP contribution in [-0.4, -0.2) is 16.6 Å². The third-order valence-electron chi connectivity index (χ3n) is 3.52. The molecule has 0 heterocycles. The van der Waals surface area contributed by atoms with Crippen LogP contribution in [0.4, 0.5) is 0 Å². The van der Waals surface area contributed by atoms with E-state index in [2.05, 4.69) is 38.1 Å². The Bertz CT molecular complexity index is 646. The van der Waals surface area contributed by atoms with Gasteiger partial charge < -0.3 is 4.89 Å². The van der Waals surface area contributed by atoms with Gasteiger partial charge in [0.1, 0.15) is 0 Å². The van der Waals surface area contributed by atoms with Crippen molar-refractivity contribution in [2.45, 2.75) is 27.7 Å². The fourth-order valence-corrected chi connectivity index (χ4v) is 4.75. The fourth-order valence-electron chi connectivity index (χ4n) is 2.70. The van der Waals surface area contributed by atoms with Gasteiger partial charge in [-0.1, -0.05) is 55.0 Å². The average molecular weight is 350 g/mol. The van der Waals surface area contributed by atoms with Gasteiger partial charge in [0.2, 0.25) is 0 Å². The van der Waals surface area contributed by atoms with Crippen LogP contribution in [0.5, 0.6) is 0 Å². The van der Waals surface area contributed by atoms with Crippen LogP contribution in [-0.2, 0) is 4.57 Å². The van der Waals surface area contributed by atoms with Crippen LogP contribution in [0.15, 0.2) is 42.5 Å². The van der Waals surface area contributed by atoms with Gasteiger partial charge in [0.25, 0.3) is 0 Å². The van der Waals surface area contributed by atoms with E-state index in [0.29, 0.717) is 5.52 Å². The van der Waals surface area contributed by atoms with E-state index in [0.717, 1.165) is 22.9 Å². The maximum atomic E-state index is 13.0. The topological polar surface area (TPSA) is 54.4 Å². The molecular formula is C18H24O3P2. The molecule has 0 radical (unpaired) electrons. The Morgan fingerprint density at radius 1 is 1.09 bits per heavy atom. The molecule has 2 aromatic rings. The van der Waals surface area contributed by atoms with Crippen LogP contribution >= 0.6 is 16.6 Å². The van der Waals surface area contributed by atoms with Crippen molar-refractivity contribution >= 4 is 27.4 Å². The molecule has 0 saturated carbocycles. The normalized spacial score (nSPS) is 11.9. The minimum Gasteiger partial charge on any atom is -0.348 e. The molecule has 124 valence electrons. The van der Waals surface area contributed by atoms with Crippen LogP contribution in [0.2, 0.25) is 0 Å². The molecule has 0 amide bonds. The molecule has 5 heteroatoms. The minimum atomic E-state index is -1.50. The first kappa shape index (κ1) is 19.8. The highest BCUT2D eigenvalue weighted by Crippen LogP contribution is 2.39. The number of benzene rings is 2. The standard InChI is InChI=1S/C18H21OP.H3O2P/c1-5-20(16-9-7-6-8-10-16)18(19)17-14(3)11-13(2)12-15(17)4;1-3-2/h6-12H,5H2,1-4H3;3H2,(H,1,2). The van der Waals surface area contributed by atoms with Gasteiger partial charge in [0.15, 0.2) is 14.2 Å². The van der Waals surface area contributed by atoms with Gasteiger partial charge in [-0.05, 0) is 43.4 Å². The monoisotopic (exact) mass is 350 g/mol. The molecule has 3 nitrogen and oxygen atoms in total. The maximum absolute atomic E-state index is 13.0. The summed E-state index contributed by atoms with van der Waals surface area (Å²) in [5, 5.41) is 1.18. The highest BCUT2D eigenvalue weighted by Gasteiger charge is 2.22. The van der Waals surface area contributed by atoms with Crippen LogP contribution in [0.25, 0.3) is 0 Å². The molecule has 23 heavy (non-hydrogen) atoms. The summed E-state index contributed by atoms with van der Waals surface area (Å²) < 4.78 is 8.57. The summed E-state index contributed by atoms with van der Waals surface area (Å²) >= 11 is 0. The quantitative estimate of drug-likeness (QED) is 0.840. The first-order chi connectivity index (χ1) is 11.0. The fraction of sp³-hybridized carbons (Fsp3) is 0.278. The summed E-state index contributed by atoms with van der Waals surface area (Å²) in [5.74, 6) is 0. The summed E-state index contributed by atoms with van der Waals surface area (Å²) in [6.07, 6.45) is 0.894. The Labute approximate surface area is 140 Å². The largest absolute Gasteiger partial charge is 0.348 e. The first-order valence-electron chi connectivity index (χ1n) is 7.48. The van der Waals surface area contributed by atoms with Crippen molar-refractivity contribution in [2.24, 2.45) is 0 Å². The SMILES string of the molecule is CCP(C(=O)c1c(C)cc(C)cc1C)c1ccccc1.O=[PH2]O. The van der Waals surface area contributed by atoms with E-state index in [1.165, 1.54) is 10.9 Å². The Morgan fingerprint density at radius 3 is 2.00 bits per heavy atom. The van der Waals surface area contributed by atoms with Gasteiger partial charge in [0, 0.05) is 13.5 Å². The molecule has 2 atom stereocenters. The van der Waals surface area contributed by atoms with E-state index in [1.807, 2.05) is 32.0 Å². The molecule has 0 aliphatic heterocycles. The highest BCUT2D eigenvalue weighted by molar-refractivity contribution is 7.82. The van der Waals surface area contributed by atoms with Gasteiger partial charge in [-0.2, -0.15) is 0 Å². The number of rotatable bonds is 4. The van der Waals surface area contributed by atoms with Gasteiger partial charge in [-0.3, -0.25) is 9.36 Å². The van der Waals surface area contributed by atoms with Crippen LogP contribution < -0.4 is 5.30 Å². The molecular weight excluding hydrogens is 326 g/mol. The number of aryl methyl sites for hydroxylation is 3. The smallest absolute Gasteiger partial charge is 0.189 e. The summed E-state index contributed by atoms with van der Waals surface area (Å²) in [7, 11) is -2.27. The lowest BCUT2D eigenvalue weighted by molar-refractivity contribution is 0.108. The third-order valence-corrected chi connectivity index (χ3v) is 5.79. The van der Waals surface area contributed by atoms with Crippen molar-refractivity contribution in [2.75, 3.05) is 6.16 Å². The van der Waals surface area contributed by atoms with E-state index in [4.69, 9.17) is 9.46 Å². The molecule has 0 aromatic heterocycles. The summed E-state index contributed by atoms with van der Waals surface area (Å²) in [6.45, 7) is 8.27. The second-order valence-electron chi connectivity index (χ2n) is 5.26. The van der Waals surface area contributed by atoms with Crippen molar-refractivity contribution in [1.29, 1.82) is 0 Å². The Hall–Kier alpha value is -1.27. The molecule has 1 N–H and O–H groups in total. The Balaban J connectivity index is 0.000000816. The zero-order valence-electron chi connectivity index (χ0n) is 14.0. The molecule has 2 rings (SSSR count). The van der Waals surface area contributed by atoms with Gasteiger partial charge in [0.05, 0.1) is 0 Å². The number of hydrogen-bond donors (Lipinski definition) is 1. The maximum Gasteiger partial charge on any atom is 0.189 e. The van der Waals surface area contributed by atoms with Crippen LogP contribution in [0.3, 0.4) is 0 Å². The van der Waals surface area contributed by atoms with Crippen molar-refractivity contribution in [3.8, 4) is 0 Å². The third kappa shape index (κ3) is 5.39. The van der Waals surface area contributed by atoms with E-state index in [1.54, 1.807) is 0 Å². The molecule has 0 spiro atoms. The second kappa shape index (κ2) is 9.78. The lowest BCUT2D eigenvalue weighted by Gasteiger charge is -2.18. The molecule has 0 fully saturated rings. The molecule has 2 unspecified atom stereocenters. The van der Waals surface area contributed by atoms with Crippen LogP contribution in [0.1, 0.15) is 34.0 Å².